The zero-order valence-corrected chi connectivity index (χ0v) is 21.9. The minimum absolute atomic E-state index is 1.01. The maximum absolute atomic E-state index is 4.67. The summed E-state index contributed by atoms with van der Waals surface area (Å²) in [5.41, 5.74) is 11.5. The lowest BCUT2D eigenvalue weighted by Crippen LogP contribution is -2.11. The Morgan fingerprint density at radius 3 is 2.13 bits per heavy atom. The molecule has 0 spiro atoms. The second-order valence-corrected chi connectivity index (χ2v) is 10.0. The van der Waals surface area contributed by atoms with Gasteiger partial charge in [0, 0.05) is 33.9 Å². The molecule has 39 heavy (non-hydrogen) atoms. The summed E-state index contributed by atoms with van der Waals surface area (Å²) in [7, 11) is 0. The van der Waals surface area contributed by atoms with Crippen LogP contribution >= 0.6 is 0 Å². The van der Waals surface area contributed by atoms with Crippen molar-refractivity contribution in [3.63, 3.8) is 0 Å². The summed E-state index contributed by atoms with van der Waals surface area (Å²) < 4.78 is 2.38. The monoisotopic (exact) mass is 500 g/mol. The third kappa shape index (κ3) is 3.81. The molecule has 0 aliphatic carbocycles. The summed E-state index contributed by atoms with van der Waals surface area (Å²) in [6.07, 6.45) is 6.50. The lowest BCUT2D eigenvalue weighted by molar-refractivity contribution is 1.17. The van der Waals surface area contributed by atoms with Gasteiger partial charge in [-0.2, -0.15) is 0 Å². The molecule has 2 heteroatoms. The summed E-state index contributed by atoms with van der Waals surface area (Å²) in [5.74, 6) is 0. The van der Waals surface area contributed by atoms with Crippen molar-refractivity contribution in [3.05, 3.63) is 163 Å². The third-order valence-electron chi connectivity index (χ3n) is 7.63. The van der Waals surface area contributed by atoms with E-state index >= 15 is 0 Å². The molecule has 0 unspecified atom stereocenters. The van der Waals surface area contributed by atoms with Gasteiger partial charge in [0.15, 0.2) is 0 Å². The molecule has 1 aromatic heterocycles. The molecule has 1 aliphatic heterocycles. The number of nitrogens with zero attached hydrogens (tertiary/aromatic N) is 2. The smallest absolute Gasteiger partial charge is 0.0547 e. The number of fused-ring (bicyclic) bond motifs is 4. The van der Waals surface area contributed by atoms with Crippen LogP contribution in [0.15, 0.2) is 146 Å². The highest BCUT2D eigenvalue weighted by Gasteiger charge is 2.21. The molecule has 0 radical (unpaired) electrons. The van der Waals surface area contributed by atoms with Gasteiger partial charge in [-0.1, -0.05) is 97.1 Å². The van der Waals surface area contributed by atoms with Gasteiger partial charge in [-0.3, -0.25) is 0 Å². The normalized spacial score (nSPS) is 15.5. The van der Waals surface area contributed by atoms with E-state index in [1.165, 1.54) is 32.9 Å². The largest absolute Gasteiger partial charge is 0.317 e. The summed E-state index contributed by atoms with van der Waals surface area (Å²) in [6, 6.07) is 43.1. The maximum atomic E-state index is 4.67. The van der Waals surface area contributed by atoms with Crippen LogP contribution in [0, 0.1) is 6.92 Å². The summed E-state index contributed by atoms with van der Waals surface area (Å²) in [4.78, 5) is 2.23. The Morgan fingerprint density at radius 1 is 0.590 bits per heavy atom. The van der Waals surface area contributed by atoms with Crippen LogP contribution in [0.2, 0.25) is 0 Å². The fourth-order valence-corrected chi connectivity index (χ4v) is 5.77. The maximum Gasteiger partial charge on any atom is 0.0547 e. The van der Waals surface area contributed by atoms with Crippen LogP contribution in [0.25, 0.3) is 38.6 Å². The van der Waals surface area contributed by atoms with Crippen molar-refractivity contribution in [2.75, 3.05) is 4.90 Å². The molecule has 6 aromatic rings. The first-order chi connectivity index (χ1) is 19.2. The van der Waals surface area contributed by atoms with Crippen LogP contribution in [0.5, 0.6) is 0 Å². The Hall–Kier alpha value is -5.08. The van der Waals surface area contributed by atoms with Crippen LogP contribution in [0.3, 0.4) is 0 Å². The Balaban J connectivity index is 1.48. The fourth-order valence-electron chi connectivity index (χ4n) is 5.77. The quantitative estimate of drug-likeness (QED) is 0.235. The van der Waals surface area contributed by atoms with Gasteiger partial charge in [0.2, 0.25) is 0 Å². The van der Waals surface area contributed by atoms with E-state index in [4.69, 9.17) is 0 Å². The lowest BCUT2D eigenvalue weighted by Gasteiger charge is -2.27. The molecular weight excluding hydrogens is 472 g/mol. The number of aryl methyl sites for hydroxylation is 1. The van der Waals surface area contributed by atoms with Crippen molar-refractivity contribution in [3.8, 4) is 5.69 Å². The van der Waals surface area contributed by atoms with Gasteiger partial charge in [0.25, 0.3) is 0 Å². The standard InChI is InChI=1S/C37H28N2/c1-26-21-23-29(24-22-26)39-35-19-9-7-15-33(35)37-32(16-10-20-36(37)39)30-17-11-25-38(28-12-4-3-5-13-28)34-18-8-6-14-31(34)27(30)2/h3-25H,2H2,1H3/b25-11-,30-17+. The van der Waals surface area contributed by atoms with E-state index in [1.807, 2.05) is 6.07 Å². The van der Waals surface area contributed by atoms with E-state index in [1.54, 1.807) is 0 Å². The van der Waals surface area contributed by atoms with Crippen LogP contribution in [0.1, 0.15) is 16.7 Å². The molecule has 0 saturated carbocycles. The molecule has 0 bridgehead atoms. The minimum Gasteiger partial charge on any atom is -0.317 e. The summed E-state index contributed by atoms with van der Waals surface area (Å²) >= 11 is 0. The molecule has 0 saturated heterocycles. The van der Waals surface area contributed by atoms with E-state index in [0.29, 0.717) is 0 Å². The Kier molecular flexibility index (Phi) is 5.53. The molecule has 186 valence electrons. The van der Waals surface area contributed by atoms with Gasteiger partial charge in [-0.05, 0) is 72.2 Å². The molecule has 1 aliphatic rings. The van der Waals surface area contributed by atoms with Gasteiger partial charge in [0.05, 0.1) is 16.7 Å². The topological polar surface area (TPSA) is 8.17 Å². The number of hydrogen-bond donors (Lipinski definition) is 0. The second kappa shape index (κ2) is 9.34. The predicted molar refractivity (Wildman–Crippen MR) is 167 cm³/mol. The molecule has 0 N–H and O–H groups in total. The van der Waals surface area contributed by atoms with Gasteiger partial charge in [0.1, 0.15) is 0 Å². The lowest BCUT2D eigenvalue weighted by atomic mass is 9.89. The minimum atomic E-state index is 1.01. The second-order valence-electron chi connectivity index (χ2n) is 10.0. The number of hydrogen-bond acceptors (Lipinski definition) is 1. The average Bonchev–Trinajstić information content (AvgIpc) is 3.32. The van der Waals surface area contributed by atoms with E-state index in [-0.39, 0.29) is 0 Å². The number of para-hydroxylation sites is 3. The van der Waals surface area contributed by atoms with Crippen molar-refractivity contribution in [2.24, 2.45) is 0 Å². The van der Waals surface area contributed by atoms with E-state index < -0.39 is 0 Å². The molecule has 2 nitrogen and oxygen atoms in total. The Bertz CT molecular complexity index is 1920. The number of benzene rings is 5. The van der Waals surface area contributed by atoms with Gasteiger partial charge in [-0.15, -0.1) is 0 Å². The highest BCUT2D eigenvalue weighted by Crippen LogP contribution is 2.43. The molecule has 7 rings (SSSR count). The van der Waals surface area contributed by atoms with E-state index in [2.05, 4.69) is 157 Å². The van der Waals surface area contributed by atoms with Crippen molar-refractivity contribution in [1.29, 1.82) is 0 Å². The van der Waals surface area contributed by atoms with Crippen molar-refractivity contribution >= 4 is 44.3 Å². The molecule has 2 heterocycles. The summed E-state index contributed by atoms with van der Waals surface area (Å²) in [5, 5.41) is 2.48. The van der Waals surface area contributed by atoms with Gasteiger partial charge < -0.3 is 9.47 Å². The molecule has 5 aromatic carbocycles. The van der Waals surface area contributed by atoms with Crippen LogP contribution in [-0.2, 0) is 0 Å². The van der Waals surface area contributed by atoms with Crippen molar-refractivity contribution in [2.45, 2.75) is 6.92 Å². The summed E-state index contributed by atoms with van der Waals surface area (Å²) in [6.45, 7) is 6.80. The molecular formula is C37H28N2. The number of allylic oxidation sites excluding steroid dienone is 4. The van der Waals surface area contributed by atoms with Crippen molar-refractivity contribution < 1.29 is 0 Å². The van der Waals surface area contributed by atoms with Gasteiger partial charge in [-0.25, -0.2) is 0 Å². The van der Waals surface area contributed by atoms with E-state index in [9.17, 15) is 0 Å². The first-order valence-electron chi connectivity index (χ1n) is 13.3. The van der Waals surface area contributed by atoms with Crippen LogP contribution in [0.4, 0.5) is 11.4 Å². The molecule has 0 fully saturated rings. The zero-order valence-electron chi connectivity index (χ0n) is 21.9. The fraction of sp³-hybridized carbons (Fsp3) is 0.0270. The highest BCUT2D eigenvalue weighted by molar-refractivity contribution is 6.19. The number of aromatic nitrogens is 1. The zero-order chi connectivity index (χ0) is 26.3. The predicted octanol–water partition coefficient (Wildman–Crippen LogP) is 9.85. The Labute approximate surface area is 229 Å². The third-order valence-corrected chi connectivity index (χ3v) is 7.63. The van der Waals surface area contributed by atoms with E-state index in [0.717, 1.165) is 33.8 Å². The molecule has 0 amide bonds. The Morgan fingerprint density at radius 2 is 1.28 bits per heavy atom. The van der Waals surface area contributed by atoms with Crippen LogP contribution < -0.4 is 4.90 Å². The average molecular weight is 501 g/mol. The molecule has 0 atom stereocenters. The first kappa shape index (κ1) is 23.1. The first-order valence-corrected chi connectivity index (χ1v) is 13.3. The van der Waals surface area contributed by atoms with Crippen LogP contribution in [-0.4, -0.2) is 4.57 Å². The number of anilines is 2. The SMILES string of the molecule is C=C1/C(c2cccc3c2c2ccccc2n3-c2ccc(C)cc2)=C\C=C/N(c2ccccc2)c2ccccc21. The van der Waals surface area contributed by atoms with Gasteiger partial charge >= 0.3 is 0 Å². The highest BCUT2D eigenvalue weighted by atomic mass is 15.1. The van der Waals surface area contributed by atoms with Crippen molar-refractivity contribution in [1.82, 2.24) is 4.57 Å². The number of rotatable bonds is 3.